The third-order valence-electron chi connectivity index (χ3n) is 6.16. The van der Waals surface area contributed by atoms with Gasteiger partial charge in [-0.3, -0.25) is 0 Å². The van der Waals surface area contributed by atoms with Gasteiger partial charge in [0, 0.05) is 38.3 Å². The Kier molecular flexibility index (Phi) is 2.49. The van der Waals surface area contributed by atoms with Crippen LogP contribution in [-0.2, 0) is 0 Å². The molecule has 3 heterocycles. The van der Waals surface area contributed by atoms with E-state index < -0.39 is 0 Å². The fraction of sp³-hybridized carbons (Fsp3) is 0.273. The second-order valence-corrected chi connectivity index (χ2v) is 8.53. The van der Waals surface area contributed by atoms with Gasteiger partial charge in [-0.05, 0) is 60.7 Å². The van der Waals surface area contributed by atoms with Crippen molar-refractivity contribution in [3.63, 3.8) is 0 Å². The molecule has 2 heteroatoms. The van der Waals surface area contributed by atoms with E-state index in [1.807, 2.05) is 11.3 Å². The third kappa shape index (κ3) is 1.60. The van der Waals surface area contributed by atoms with Gasteiger partial charge in [-0.1, -0.05) is 24.3 Å². The zero-order valence-electron chi connectivity index (χ0n) is 13.7. The molecular formula is C22H19NS. The Morgan fingerprint density at radius 2 is 1.88 bits per heavy atom. The lowest BCUT2D eigenvalue weighted by Crippen LogP contribution is -2.48. The van der Waals surface area contributed by atoms with Gasteiger partial charge in [0.15, 0.2) is 0 Å². The number of allylic oxidation sites excluding steroid dienone is 2. The monoisotopic (exact) mass is 329 g/mol. The first-order chi connectivity index (χ1) is 11.8. The summed E-state index contributed by atoms with van der Waals surface area (Å²) in [6, 6.07) is 13.0. The molecule has 2 aromatic carbocycles. The lowest BCUT2D eigenvalue weighted by atomic mass is 9.68. The molecule has 0 bridgehead atoms. The molecule has 0 spiro atoms. The molecule has 1 saturated carbocycles. The molecule has 118 valence electrons. The Labute approximate surface area is 145 Å². The highest BCUT2D eigenvalue weighted by atomic mass is 32.1. The standard InChI is InChI=1S/C22H19NS/c1-13-5-6-15-18-11-17-16(12-22(18)24-21(15)10-13)14-7-8-20(14)23-9-3-2-4-19(17)23/h2-6,9-12,14,19-20H,7-8H2,1H3. The van der Waals surface area contributed by atoms with E-state index in [4.69, 9.17) is 0 Å². The molecule has 1 nitrogen and oxygen atoms in total. The number of fused-ring (bicyclic) bond motifs is 9. The number of aryl methyl sites for hydroxylation is 1. The van der Waals surface area contributed by atoms with Crippen molar-refractivity contribution in [2.24, 2.45) is 0 Å². The van der Waals surface area contributed by atoms with E-state index in [0.29, 0.717) is 12.1 Å². The number of thiophene rings is 1. The average Bonchev–Trinajstić information content (AvgIpc) is 2.89. The van der Waals surface area contributed by atoms with Crippen LogP contribution >= 0.6 is 11.3 Å². The van der Waals surface area contributed by atoms with Gasteiger partial charge in [0.1, 0.15) is 0 Å². The second-order valence-electron chi connectivity index (χ2n) is 7.45. The SMILES string of the molecule is Cc1ccc2c(c1)sc1cc3c(cc12)C1C=CC=CN1C1CCC31. The molecule has 2 aliphatic heterocycles. The van der Waals surface area contributed by atoms with E-state index in [9.17, 15) is 0 Å². The number of hydrogen-bond donors (Lipinski definition) is 0. The van der Waals surface area contributed by atoms with Crippen LogP contribution in [0.15, 0.2) is 54.8 Å². The Morgan fingerprint density at radius 3 is 2.75 bits per heavy atom. The van der Waals surface area contributed by atoms with Crippen molar-refractivity contribution < 1.29 is 0 Å². The maximum Gasteiger partial charge on any atom is 0.0730 e. The molecule has 3 aromatic rings. The highest BCUT2D eigenvalue weighted by molar-refractivity contribution is 7.25. The largest absolute Gasteiger partial charge is 0.363 e. The Balaban J connectivity index is 1.66. The summed E-state index contributed by atoms with van der Waals surface area (Å²) in [7, 11) is 0. The zero-order valence-corrected chi connectivity index (χ0v) is 14.5. The van der Waals surface area contributed by atoms with Gasteiger partial charge in [0.2, 0.25) is 0 Å². The fourth-order valence-electron chi connectivity index (χ4n) is 4.83. The maximum absolute atomic E-state index is 2.60. The van der Waals surface area contributed by atoms with Crippen molar-refractivity contribution in [1.82, 2.24) is 4.90 Å². The van der Waals surface area contributed by atoms with Crippen molar-refractivity contribution in [2.75, 3.05) is 0 Å². The summed E-state index contributed by atoms with van der Waals surface area (Å²) in [6.07, 6.45) is 11.8. The van der Waals surface area contributed by atoms with Crippen LogP contribution in [0.25, 0.3) is 20.2 Å². The summed E-state index contributed by atoms with van der Waals surface area (Å²) in [5.74, 6) is 0.726. The molecule has 24 heavy (non-hydrogen) atoms. The normalized spacial score (nSPS) is 27.0. The van der Waals surface area contributed by atoms with Gasteiger partial charge in [-0.25, -0.2) is 0 Å². The minimum atomic E-state index is 0.427. The Bertz CT molecular complexity index is 1050. The smallest absolute Gasteiger partial charge is 0.0730 e. The molecule has 0 radical (unpaired) electrons. The average molecular weight is 329 g/mol. The second kappa shape index (κ2) is 4.52. The van der Waals surface area contributed by atoms with Crippen molar-refractivity contribution >= 4 is 31.5 Å². The van der Waals surface area contributed by atoms with Crippen LogP contribution in [0.2, 0.25) is 0 Å². The van der Waals surface area contributed by atoms with Crippen LogP contribution in [0.4, 0.5) is 0 Å². The number of hydrogen-bond acceptors (Lipinski definition) is 2. The summed E-state index contributed by atoms with van der Waals surface area (Å²) in [5, 5.41) is 2.86. The summed E-state index contributed by atoms with van der Waals surface area (Å²) < 4.78 is 2.89. The van der Waals surface area contributed by atoms with Crippen LogP contribution in [-0.4, -0.2) is 10.9 Å². The third-order valence-corrected chi connectivity index (χ3v) is 7.27. The van der Waals surface area contributed by atoms with Crippen LogP contribution in [0.5, 0.6) is 0 Å². The highest BCUT2D eigenvalue weighted by Gasteiger charge is 2.44. The maximum atomic E-state index is 2.60. The van der Waals surface area contributed by atoms with Gasteiger partial charge in [0.25, 0.3) is 0 Å². The summed E-state index contributed by atoms with van der Waals surface area (Å²) >= 11 is 1.96. The summed E-state index contributed by atoms with van der Waals surface area (Å²) in [5.41, 5.74) is 4.50. The van der Waals surface area contributed by atoms with Gasteiger partial charge >= 0.3 is 0 Å². The topological polar surface area (TPSA) is 3.24 Å². The lowest BCUT2D eigenvalue weighted by molar-refractivity contribution is 0.106. The molecule has 1 aromatic heterocycles. The molecule has 0 amide bonds. The summed E-state index contributed by atoms with van der Waals surface area (Å²) in [6.45, 7) is 2.19. The predicted molar refractivity (Wildman–Crippen MR) is 103 cm³/mol. The van der Waals surface area contributed by atoms with Gasteiger partial charge in [0.05, 0.1) is 6.04 Å². The molecule has 0 saturated heterocycles. The Hall–Kier alpha value is -2.06. The van der Waals surface area contributed by atoms with Crippen molar-refractivity contribution in [1.29, 1.82) is 0 Å². The molecule has 1 fully saturated rings. The molecule has 3 aliphatic rings. The first kappa shape index (κ1) is 13.3. The van der Waals surface area contributed by atoms with E-state index in [-0.39, 0.29) is 0 Å². The van der Waals surface area contributed by atoms with Crippen LogP contribution in [0, 0.1) is 6.92 Å². The van der Waals surface area contributed by atoms with E-state index in [2.05, 4.69) is 66.6 Å². The minimum absolute atomic E-state index is 0.427. The van der Waals surface area contributed by atoms with Crippen LogP contribution < -0.4 is 0 Å². The number of benzene rings is 2. The molecule has 1 aliphatic carbocycles. The van der Waals surface area contributed by atoms with E-state index in [1.165, 1.54) is 44.1 Å². The van der Waals surface area contributed by atoms with Gasteiger partial charge < -0.3 is 4.90 Å². The van der Waals surface area contributed by atoms with Gasteiger partial charge in [-0.15, -0.1) is 11.3 Å². The quantitative estimate of drug-likeness (QED) is 0.485. The molecule has 3 atom stereocenters. The first-order valence-electron chi connectivity index (χ1n) is 8.89. The fourth-order valence-corrected chi connectivity index (χ4v) is 6.07. The van der Waals surface area contributed by atoms with Crippen LogP contribution in [0.3, 0.4) is 0 Å². The lowest BCUT2D eigenvalue weighted by Gasteiger charge is -2.53. The Morgan fingerprint density at radius 1 is 0.958 bits per heavy atom. The highest BCUT2D eigenvalue weighted by Crippen LogP contribution is 2.53. The van der Waals surface area contributed by atoms with Gasteiger partial charge in [-0.2, -0.15) is 0 Å². The minimum Gasteiger partial charge on any atom is -0.363 e. The summed E-state index contributed by atoms with van der Waals surface area (Å²) in [4.78, 5) is 2.60. The first-order valence-corrected chi connectivity index (χ1v) is 9.70. The van der Waals surface area contributed by atoms with E-state index >= 15 is 0 Å². The van der Waals surface area contributed by atoms with Crippen molar-refractivity contribution in [2.45, 2.75) is 37.8 Å². The molecule has 6 rings (SSSR count). The van der Waals surface area contributed by atoms with E-state index in [1.54, 1.807) is 5.56 Å². The predicted octanol–water partition coefficient (Wildman–Crippen LogP) is 6.05. The molecule has 3 unspecified atom stereocenters. The van der Waals surface area contributed by atoms with Crippen molar-refractivity contribution in [3.05, 3.63) is 71.5 Å². The number of nitrogens with zero attached hydrogens (tertiary/aromatic N) is 1. The number of rotatable bonds is 0. The zero-order chi connectivity index (χ0) is 15.8. The molecular weight excluding hydrogens is 310 g/mol. The van der Waals surface area contributed by atoms with Crippen LogP contribution in [0.1, 0.15) is 41.5 Å². The van der Waals surface area contributed by atoms with Crippen molar-refractivity contribution in [3.8, 4) is 0 Å². The van der Waals surface area contributed by atoms with E-state index in [0.717, 1.165) is 5.92 Å². The molecule has 0 N–H and O–H groups in total.